The minimum absolute atomic E-state index is 0.201. The average Bonchev–Trinajstić information content (AvgIpc) is 2.97. The molecule has 0 aliphatic heterocycles. The molecule has 0 bridgehead atoms. The monoisotopic (exact) mass is 293 g/mol. The normalized spacial score (nSPS) is 16.3. The molecule has 0 radical (unpaired) electrons. The van der Waals surface area contributed by atoms with Crippen LogP contribution in [0.15, 0.2) is 6.07 Å². The molecule has 106 valence electrons. The van der Waals surface area contributed by atoms with E-state index in [1.807, 2.05) is 20.0 Å². The van der Waals surface area contributed by atoms with E-state index in [1.165, 1.54) is 11.3 Å². The molecule has 2 aromatic rings. The Labute approximate surface area is 119 Å². The van der Waals surface area contributed by atoms with Gasteiger partial charge in [0.25, 0.3) is 5.91 Å². The highest BCUT2D eigenvalue weighted by Gasteiger charge is 2.50. The van der Waals surface area contributed by atoms with Gasteiger partial charge in [0, 0.05) is 19.0 Å². The molecule has 1 amide bonds. The van der Waals surface area contributed by atoms with E-state index < -0.39 is 11.4 Å². The number of fused-ring (bicyclic) bond motifs is 1. The van der Waals surface area contributed by atoms with Crippen molar-refractivity contribution in [3.8, 4) is 0 Å². The van der Waals surface area contributed by atoms with E-state index in [-0.39, 0.29) is 12.5 Å². The zero-order chi connectivity index (χ0) is 14.5. The van der Waals surface area contributed by atoms with Crippen molar-refractivity contribution in [1.29, 1.82) is 0 Å². The molecule has 1 aliphatic rings. The maximum absolute atomic E-state index is 12.1. The van der Waals surface area contributed by atoms with Gasteiger partial charge in [-0.3, -0.25) is 14.3 Å². The van der Waals surface area contributed by atoms with Crippen LogP contribution in [0.4, 0.5) is 0 Å². The topological polar surface area (TPSA) is 84.2 Å². The fourth-order valence-electron chi connectivity index (χ4n) is 2.27. The number of amides is 1. The van der Waals surface area contributed by atoms with Gasteiger partial charge >= 0.3 is 5.97 Å². The van der Waals surface area contributed by atoms with Crippen molar-refractivity contribution >= 4 is 33.4 Å². The molecular weight excluding hydrogens is 278 g/mol. The number of carbonyl (C=O) groups is 2. The van der Waals surface area contributed by atoms with Gasteiger partial charge in [-0.05, 0) is 25.8 Å². The van der Waals surface area contributed by atoms with Crippen molar-refractivity contribution in [2.45, 2.75) is 19.8 Å². The molecule has 20 heavy (non-hydrogen) atoms. The molecule has 6 nitrogen and oxygen atoms in total. The van der Waals surface area contributed by atoms with Crippen molar-refractivity contribution < 1.29 is 14.7 Å². The molecule has 2 heterocycles. The Bertz CT molecular complexity index is 677. The second-order valence-electron chi connectivity index (χ2n) is 5.31. The summed E-state index contributed by atoms with van der Waals surface area (Å²) in [5.74, 6) is -1.03. The van der Waals surface area contributed by atoms with Crippen LogP contribution >= 0.6 is 11.3 Å². The molecule has 1 fully saturated rings. The largest absolute Gasteiger partial charge is 0.481 e. The lowest BCUT2D eigenvalue weighted by Crippen LogP contribution is -2.33. The number of nitrogens with zero attached hydrogens (tertiary/aromatic N) is 2. The van der Waals surface area contributed by atoms with Crippen molar-refractivity contribution in [3.05, 3.63) is 16.6 Å². The third-order valence-corrected chi connectivity index (χ3v) is 5.02. The molecule has 7 heteroatoms. The molecule has 3 rings (SSSR count). The van der Waals surface area contributed by atoms with Gasteiger partial charge in [0.1, 0.15) is 4.83 Å². The highest BCUT2D eigenvalue weighted by Crippen LogP contribution is 2.45. The van der Waals surface area contributed by atoms with Crippen LogP contribution < -0.4 is 5.32 Å². The predicted octanol–water partition coefficient (Wildman–Crippen LogP) is 1.54. The van der Waals surface area contributed by atoms with Gasteiger partial charge < -0.3 is 10.4 Å². The third kappa shape index (κ3) is 1.98. The minimum atomic E-state index is -0.825. The Morgan fingerprint density at radius 3 is 2.80 bits per heavy atom. The average molecular weight is 293 g/mol. The predicted molar refractivity (Wildman–Crippen MR) is 75.0 cm³/mol. The lowest BCUT2D eigenvalue weighted by molar-refractivity contribution is -0.143. The minimum Gasteiger partial charge on any atom is -0.481 e. The molecule has 0 aromatic carbocycles. The first-order valence-corrected chi connectivity index (χ1v) is 7.19. The number of aliphatic carboxylic acids is 1. The summed E-state index contributed by atoms with van der Waals surface area (Å²) >= 11 is 1.37. The van der Waals surface area contributed by atoms with Gasteiger partial charge in [0.15, 0.2) is 0 Å². The van der Waals surface area contributed by atoms with E-state index in [1.54, 1.807) is 4.68 Å². The van der Waals surface area contributed by atoms with E-state index in [0.717, 1.165) is 15.9 Å². The number of carboxylic acid groups (broad SMARTS) is 1. The smallest absolute Gasteiger partial charge is 0.311 e. The van der Waals surface area contributed by atoms with Gasteiger partial charge in [-0.25, -0.2) is 0 Å². The molecule has 0 unspecified atom stereocenters. The second kappa shape index (κ2) is 4.31. The Kier molecular flexibility index (Phi) is 2.82. The van der Waals surface area contributed by atoms with Crippen LogP contribution in [0.1, 0.15) is 28.2 Å². The summed E-state index contributed by atoms with van der Waals surface area (Å²) < 4.78 is 1.76. The summed E-state index contributed by atoms with van der Waals surface area (Å²) in [6.07, 6.45) is 1.27. The van der Waals surface area contributed by atoms with Crippen LogP contribution in [-0.4, -0.2) is 33.3 Å². The summed E-state index contributed by atoms with van der Waals surface area (Å²) in [5, 5.41) is 17.1. The number of thiophene rings is 1. The number of carbonyl (C=O) groups excluding carboxylic acids is 1. The van der Waals surface area contributed by atoms with Gasteiger partial charge in [0.05, 0.1) is 16.0 Å². The van der Waals surface area contributed by atoms with Gasteiger partial charge in [-0.15, -0.1) is 11.3 Å². The van der Waals surface area contributed by atoms with E-state index >= 15 is 0 Å². The SMILES string of the molecule is Cc1nn(C)c2sc(C(=O)NCC3(C(=O)O)CC3)cc12. The highest BCUT2D eigenvalue weighted by atomic mass is 32.1. The summed E-state index contributed by atoms with van der Waals surface area (Å²) in [4.78, 5) is 24.7. The first kappa shape index (κ1) is 13.1. The van der Waals surface area contributed by atoms with Crippen molar-refractivity contribution in [3.63, 3.8) is 0 Å². The molecule has 0 saturated heterocycles. The number of hydrogen-bond acceptors (Lipinski definition) is 4. The maximum atomic E-state index is 12.1. The fourth-order valence-corrected chi connectivity index (χ4v) is 3.31. The number of nitrogens with one attached hydrogen (secondary N) is 1. The van der Waals surface area contributed by atoms with E-state index in [9.17, 15) is 9.59 Å². The molecular formula is C13H15N3O3S. The number of rotatable bonds is 4. The first-order chi connectivity index (χ1) is 9.43. The lowest BCUT2D eigenvalue weighted by atomic mass is 10.1. The summed E-state index contributed by atoms with van der Waals surface area (Å²) in [7, 11) is 1.84. The molecule has 2 aromatic heterocycles. The number of hydrogen-bond donors (Lipinski definition) is 2. The third-order valence-electron chi connectivity index (χ3n) is 3.81. The number of carboxylic acids is 1. The zero-order valence-electron chi connectivity index (χ0n) is 11.3. The fraction of sp³-hybridized carbons (Fsp3) is 0.462. The molecule has 1 saturated carbocycles. The van der Waals surface area contributed by atoms with Crippen LogP contribution in [0.25, 0.3) is 10.2 Å². The van der Waals surface area contributed by atoms with Crippen molar-refractivity contribution in [1.82, 2.24) is 15.1 Å². The Hall–Kier alpha value is -1.89. The van der Waals surface area contributed by atoms with Gasteiger partial charge in [-0.2, -0.15) is 5.10 Å². The number of aromatic nitrogens is 2. The van der Waals surface area contributed by atoms with Crippen LogP contribution in [0.5, 0.6) is 0 Å². The summed E-state index contributed by atoms with van der Waals surface area (Å²) in [6, 6.07) is 1.82. The van der Waals surface area contributed by atoms with Crippen LogP contribution in [0, 0.1) is 12.3 Å². The molecule has 1 aliphatic carbocycles. The van der Waals surface area contributed by atoms with Crippen molar-refractivity contribution in [2.75, 3.05) is 6.54 Å². The Morgan fingerprint density at radius 2 is 2.25 bits per heavy atom. The summed E-state index contributed by atoms with van der Waals surface area (Å²) in [5.41, 5.74) is 0.158. The molecule has 0 spiro atoms. The van der Waals surface area contributed by atoms with Crippen LogP contribution in [0.3, 0.4) is 0 Å². The molecule has 2 N–H and O–H groups in total. The van der Waals surface area contributed by atoms with Crippen LogP contribution in [0.2, 0.25) is 0 Å². The van der Waals surface area contributed by atoms with Gasteiger partial charge in [-0.1, -0.05) is 0 Å². The van der Waals surface area contributed by atoms with Gasteiger partial charge in [0.2, 0.25) is 0 Å². The Balaban J connectivity index is 1.76. The van der Waals surface area contributed by atoms with Crippen LogP contribution in [-0.2, 0) is 11.8 Å². The van der Waals surface area contributed by atoms with E-state index in [2.05, 4.69) is 10.4 Å². The highest BCUT2D eigenvalue weighted by molar-refractivity contribution is 7.20. The first-order valence-electron chi connectivity index (χ1n) is 6.38. The summed E-state index contributed by atoms with van der Waals surface area (Å²) in [6.45, 7) is 2.10. The molecule has 0 atom stereocenters. The zero-order valence-corrected chi connectivity index (χ0v) is 12.1. The number of aryl methyl sites for hydroxylation is 2. The Morgan fingerprint density at radius 1 is 1.55 bits per heavy atom. The second-order valence-corrected chi connectivity index (χ2v) is 6.34. The maximum Gasteiger partial charge on any atom is 0.311 e. The van der Waals surface area contributed by atoms with E-state index in [0.29, 0.717) is 17.7 Å². The quantitative estimate of drug-likeness (QED) is 0.895. The van der Waals surface area contributed by atoms with E-state index in [4.69, 9.17) is 5.11 Å². The lowest BCUT2D eigenvalue weighted by Gasteiger charge is -2.10. The van der Waals surface area contributed by atoms with Crippen molar-refractivity contribution in [2.24, 2.45) is 12.5 Å². The standard InChI is InChI=1S/C13H15N3O3S/c1-7-8-5-9(20-11(8)16(2)15-7)10(17)14-6-13(3-4-13)12(18)19/h5H,3-4,6H2,1-2H3,(H,14,17)(H,18,19).